The van der Waals surface area contributed by atoms with Gasteiger partial charge in [-0.25, -0.2) is 8.42 Å². The number of ether oxygens (including phenoxy) is 1. The number of amides is 1. The van der Waals surface area contributed by atoms with Crippen molar-refractivity contribution in [3.63, 3.8) is 0 Å². The predicted octanol–water partition coefficient (Wildman–Crippen LogP) is 2.20. The number of carbonyl (C=O) groups is 2. The summed E-state index contributed by atoms with van der Waals surface area (Å²) in [6.45, 7) is 2.54. The number of hydrogen-bond donors (Lipinski definition) is 0. The van der Waals surface area contributed by atoms with Crippen molar-refractivity contribution in [2.45, 2.75) is 43.9 Å². The first-order valence-electron chi connectivity index (χ1n) is 10.2. The number of benzene rings is 1. The number of sulfonamides is 1. The fourth-order valence-electron chi connectivity index (χ4n) is 4.26. The van der Waals surface area contributed by atoms with E-state index in [0.717, 1.165) is 35.2 Å². The van der Waals surface area contributed by atoms with Gasteiger partial charge in [0.2, 0.25) is 10.0 Å². The maximum absolute atomic E-state index is 12.5. The molecular weight excluding hydrogens is 392 g/mol. The number of piperidine rings is 1. The molecule has 0 radical (unpaired) electrons. The van der Waals surface area contributed by atoms with E-state index in [1.54, 1.807) is 17.0 Å². The third-order valence-electron chi connectivity index (χ3n) is 6.08. The predicted molar refractivity (Wildman–Crippen MR) is 109 cm³/mol. The Hall–Kier alpha value is -1.93. The molecule has 1 amide bonds. The van der Waals surface area contributed by atoms with Crippen molar-refractivity contribution in [1.29, 1.82) is 0 Å². The molecule has 0 spiro atoms. The standard InChI is InChI=1S/C21H30N2O5S/c1-16-7-9-19(10-8-16)29(26,27)22(2)14-21(25)28-15-20(24)23-12-11-17-5-3-4-6-18(17)13-23/h7-10,17-18H,3-6,11-15H2,1-2H3/t17-,18-/m1/s1. The Kier molecular flexibility index (Phi) is 6.95. The van der Waals surface area contributed by atoms with E-state index in [4.69, 9.17) is 4.74 Å². The lowest BCUT2D eigenvalue weighted by Gasteiger charge is -2.41. The normalized spacial score (nSPS) is 22.2. The van der Waals surface area contributed by atoms with Gasteiger partial charge in [-0.1, -0.05) is 37.0 Å². The quantitative estimate of drug-likeness (QED) is 0.656. The van der Waals surface area contributed by atoms with Gasteiger partial charge in [-0.15, -0.1) is 0 Å². The SMILES string of the molecule is Cc1ccc(S(=O)(=O)N(C)CC(=O)OCC(=O)N2CC[C@H]3CCCC[C@@H]3C2)cc1. The van der Waals surface area contributed by atoms with E-state index in [-0.39, 0.29) is 17.4 Å². The molecule has 1 saturated carbocycles. The maximum atomic E-state index is 12.5. The highest BCUT2D eigenvalue weighted by atomic mass is 32.2. The monoisotopic (exact) mass is 422 g/mol. The summed E-state index contributed by atoms with van der Waals surface area (Å²) in [5, 5.41) is 0. The number of esters is 1. The number of rotatable bonds is 6. The second-order valence-corrected chi connectivity index (χ2v) is 10.2. The Balaban J connectivity index is 1.47. The average molecular weight is 423 g/mol. The number of hydrogen-bond acceptors (Lipinski definition) is 5. The molecule has 0 N–H and O–H groups in total. The van der Waals surface area contributed by atoms with Crippen LogP contribution in [0.15, 0.2) is 29.2 Å². The Bertz CT molecular complexity index is 837. The Labute approximate surface area is 173 Å². The van der Waals surface area contributed by atoms with Crippen LogP contribution in [0.4, 0.5) is 0 Å². The maximum Gasteiger partial charge on any atom is 0.321 e. The summed E-state index contributed by atoms with van der Waals surface area (Å²) in [6, 6.07) is 6.41. The molecule has 2 aliphatic rings. The van der Waals surface area contributed by atoms with Crippen LogP contribution in [0.2, 0.25) is 0 Å². The van der Waals surface area contributed by atoms with Gasteiger partial charge in [0.25, 0.3) is 5.91 Å². The molecule has 0 aromatic heterocycles. The van der Waals surface area contributed by atoms with Gasteiger partial charge in [-0.05, 0) is 43.7 Å². The molecule has 1 heterocycles. The Morgan fingerprint density at radius 3 is 2.45 bits per heavy atom. The fourth-order valence-corrected chi connectivity index (χ4v) is 5.38. The Morgan fingerprint density at radius 2 is 1.76 bits per heavy atom. The van der Waals surface area contributed by atoms with Gasteiger partial charge in [0.1, 0.15) is 6.54 Å². The van der Waals surface area contributed by atoms with Crippen molar-refractivity contribution < 1.29 is 22.7 Å². The summed E-state index contributed by atoms with van der Waals surface area (Å²) in [5.41, 5.74) is 0.946. The second-order valence-electron chi connectivity index (χ2n) is 8.17. The largest absolute Gasteiger partial charge is 0.455 e. The van der Waals surface area contributed by atoms with Gasteiger partial charge in [0.05, 0.1) is 4.90 Å². The molecule has 1 saturated heterocycles. The molecule has 2 atom stereocenters. The lowest BCUT2D eigenvalue weighted by Crippen LogP contribution is -2.46. The van der Waals surface area contributed by atoms with E-state index in [9.17, 15) is 18.0 Å². The first-order chi connectivity index (χ1) is 13.8. The molecule has 0 bridgehead atoms. The molecule has 160 valence electrons. The number of carbonyl (C=O) groups excluding carboxylic acids is 2. The molecule has 3 rings (SSSR count). The van der Waals surface area contributed by atoms with E-state index >= 15 is 0 Å². The zero-order chi connectivity index (χ0) is 21.0. The molecule has 1 aliphatic heterocycles. The third-order valence-corrected chi connectivity index (χ3v) is 7.90. The smallest absolute Gasteiger partial charge is 0.321 e. The molecule has 1 aromatic rings. The van der Waals surface area contributed by atoms with Crippen LogP contribution >= 0.6 is 0 Å². The van der Waals surface area contributed by atoms with E-state index in [0.29, 0.717) is 12.5 Å². The van der Waals surface area contributed by atoms with Crippen LogP contribution in [0.25, 0.3) is 0 Å². The van der Waals surface area contributed by atoms with Crippen LogP contribution in [0.1, 0.15) is 37.7 Å². The minimum Gasteiger partial charge on any atom is -0.455 e. The number of likely N-dealkylation sites (tertiary alicyclic amines) is 1. The highest BCUT2D eigenvalue weighted by molar-refractivity contribution is 7.89. The average Bonchev–Trinajstić information content (AvgIpc) is 2.71. The first kappa shape index (κ1) is 21.8. The first-order valence-corrected chi connectivity index (χ1v) is 11.7. The van der Waals surface area contributed by atoms with Crippen LogP contribution in [0.5, 0.6) is 0 Å². The van der Waals surface area contributed by atoms with Crippen molar-refractivity contribution in [2.75, 3.05) is 33.3 Å². The van der Waals surface area contributed by atoms with Gasteiger partial charge in [0.15, 0.2) is 6.61 Å². The summed E-state index contributed by atoms with van der Waals surface area (Å²) >= 11 is 0. The third kappa shape index (κ3) is 5.36. The van der Waals surface area contributed by atoms with Gasteiger partial charge < -0.3 is 9.64 Å². The van der Waals surface area contributed by atoms with Crippen molar-refractivity contribution >= 4 is 21.9 Å². The minimum atomic E-state index is -3.79. The van der Waals surface area contributed by atoms with E-state index in [2.05, 4.69) is 0 Å². The lowest BCUT2D eigenvalue weighted by atomic mass is 9.75. The van der Waals surface area contributed by atoms with Crippen LogP contribution < -0.4 is 0 Å². The molecule has 8 heteroatoms. The molecule has 29 heavy (non-hydrogen) atoms. The molecule has 7 nitrogen and oxygen atoms in total. The summed E-state index contributed by atoms with van der Waals surface area (Å²) in [7, 11) is -2.46. The topological polar surface area (TPSA) is 84.0 Å². The summed E-state index contributed by atoms with van der Waals surface area (Å²) < 4.78 is 31.1. The lowest BCUT2D eigenvalue weighted by molar-refractivity contribution is -0.153. The van der Waals surface area contributed by atoms with Crippen molar-refractivity contribution in [1.82, 2.24) is 9.21 Å². The number of aryl methyl sites for hydroxylation is 1. The van der Waals surface area contributed by atoms with Crippen molar-refractivity contribution in [3.8, 4) is 0 Å². The van der Waals surface area contributed by atoms with Crippen LogP contribution in [-0.2, 0) is 24.3 Å². The highest BCUT2D eigenvalue weighted by Gasteiger charge is 2.33. The summed E-state index contributed by atoms with van der Waals surface area (Å²) in [5.74, 6) is 0.342. The molecule has 0 unspecified atom stereocenters. The van der Waals surface area contributed by atoms with Gasteiger partial charge in [-0.3, -0.25) is 9.59 Å². The Morgan fingerprint density at radius 1 is 1.10 bits per heavy atom. The molecular formula is C21H30N2O5S. The summed E-state index contributed by atoms with van der Waals surface area (Å²) in [4.78, 5) is 26.4. The van der Waals surface area contributed by atoms with E-state index < -0.39 is 22.5 Å². The van der Waals surface area contributed by atoms with Crippen molar-refractivity contribution in [3.05, 3.63) is 29.8 Å². The van der Waals surface area contributed by atoms with Gasteiger partial charge >= 0.3 is 5.97 Å². The highest BCUT2D eigenvalue weighted by Crippen LogP contribution is 2.36. The van der Waals surface area contributed by atoms with E-state index in [1.165, 1.54) is 38.4 Å². The summed E-state index contributed by atoms with van der Waals surface area (Å²) in [6.07, 6.45) is 5.94. The minimum absolute atomic E-state index is 0.116. The number of likely N-dealkylation sites (N-methyl/N-ethyl adjacent to an activating group) is 1. The zero-order valence-corrected chi connectivity index (χ0v) is 18.0. The molecule has 2 fully saturated rings. The zero-order valence-electron chi connectivity index (χ0n) is 17.2. The van der Waals surface area contributed by atoms with Crippen LogP contribution in [-0.4, -0.2) is 62.8 Å². The van der Waals surface area contributed by atoms with Crippen molar-refractivity contribution in [2.24, 2.45) is 11.8 Å². The van der Waals surface area contributed by atoms with Crippen LogP contribution in [0, 0.1) is 18.8 Å². The molecule has 1 aliphatic carbocycles. The number of nitrogens with zero attached hydrogens (tertiary/aromatic N) is 2. The molecule has 1 aromatic carbocycles. The van der Waals surface area contributed by atoms with E-state index in [1.807, 2.05) is 6.92 Å². The second kappa shape index (κ2) is 9.26. The fraction of sp³-hybridized carbons (Fsp3) is 0.619. The van der Waals surface area contributed by atoms with Gasteiger partial charge in [-0.2, -0.15) is 4.31 Å². The van der Waals surface area contributed by atoms with Gasteiger partial charge in [0, 0.05) is 20.1 Å². The number of fused-ring (bicyclic) bond motifs is 1. The van der Waals surface area contributed by atoms with Crippen LogP contribution in [0.3, 0.4) is 0 Å².